The lowest BCUT2D eigenvalue weighted by molar-refractivity contribution is -0.122. The molecule has 1 N–H and O–H groups in total. The van der Waals surface area contributed by atoms with Crippen LogP contribution in [0, 0.1) is 5.82 Å². The molecule has 0 heterocycles. The Balaban J connectivity index is 2.73. The van der Waals surface area contributed by atoms with E-state index in [0.29, 0.717) is 12.2 Å². The fraction of sp³-hybridized carbons (Fsp3) is 0.500. The second kappa shape index (κ2) is 8.21. The third kappa shape index (κ3) is 6.50. The number of hydrogen-bond acceptors (Lipinski definition) is 4. The Hall–Kier alpha value is -1.51. The lowest BCUT2D eigenvalue weighted by Gasteiger charge is -2.21. The molecule has 0 aromatic heterocycles. The van der Waals surface area contributed by atoms with Crippen LogP contribution in [0.4, 0.5) is 4.39 Å². The summed E-state index contributed by atoms with van der Waals surface area (Å²) < 4.78 is 42.4. The average Bonchev–Trinajstić information content (AvgIpc) is 2.39. The number of amides is 1. The largest absolute Gasteiger partial charge is 0.383 e. The monoisotopic (exact) mass is 332 g/mol. The number of rotatable bonds is 8. The molecule has 0 aliphatic carbocycles. The molecule has 8 heteroatoms. The minimum absolute atomic E-state index is 0.00515. The van der Waals surface area contributed by atoms with Crippen LogP contribution in [0.25, 0.3) is 0 Å². The molecule has 1 aromatic carbocycles. The molecule has 0 bridgehead atoms. The first-order valence-electron chi connectivity index (χ1n) is 6.70. The van der Waals surface area contributed by atoms with Crippen LogP contribution >= 0.6 is 0 Å². The Morgan fingerprint density at radius 1 is 1.36 bits per heavy atom. The summed E-state index contributed by atoms with van der Waals surface area (Å²) in [7, 11) is -2.05. The van der Waals surface area contributed by atoms with Crippen molar-refractivity contribution >= 4 is 15.9 Å². The Kier molecular flexibility index (Phi) is 6.92. The summed E-state index contributed by atoms with van der Waals surface area (Å²) in [5.41, 5.74) is 0.601. The van der Waals surface area contributed by atoms with Gasteiger partial charge in [-0.2, -0.15) is 4.31 Å². The maximum atomic E-state index is 12.9. The van der Waals surface area contributed by atoms with Gasteiger partial charge in [-0.15, -0.1) is 0 Å². The average molecular weight is 332 g/mol. The second-order valence-electron chi connectivity index (χ2n) is 5.08. The Morgan fingerprint density at radius 3 is 2.45 bits per heavy atom. The predicted octanol–water partition coefficient (Wildman–Crippen LogP) is 0.738. The summed E-state index contributed by atoms with van der Waals surface area (Å²) >= 11 is 0. The normalized spacial score (nSPS) is 13.1. The van der Waals surface area contributed by atoms with Gasteiger partial charge in [-0.05, 0) is 24.6 Å². The van der Waals surface area contributed by atoms with E-state index in [1.54, 1.807) is 6.92 Å². The lowest BCUT2D eigenvalue weighted by atomic mass is 10.2. The van der Waals surface area contributed by atoms with Crippen molar-refractivity contribution in [3.63, 3.8) is 0 Å². The molecule has 1 rings (SSSR count). The highest BCUT2D eigenvalue weighted by molar-refractivity contribution is 7.88. The molecule has 1 atom stereocenters. The van der Waals surface area contributed by atoms with Crippen LogP contribution in [0.5, 0.6) is 0 Å². The first-order chi connectivity index (χ1) is 10.2. The second-order valence-corrected chi connectivity index (χ2v) is 7.06. The molecular formula is C14H21FN2O4S. The third-order valence-electron chi connectivity index (χ3n) is 2.89. The molecular weight excluding hydrogens is 311 g/mol. The quantitative estimate of drug-likeness (QED) is 0.762. The van der Waals surface area contributed by atoms with E-state index in [-0.39, 0.29) is 19.1 Å². The zero-order valence-corrected chi connectivity index (χ0v) is 13.7. The summed E-state index contributed by atoms with van der Waals surface area (Å²) in [4.78, 5) is 11.9. The Labute approximate surface area is 130 Å². The molecule has 0 radical (unpaired) electrons. The number of ether oxygens (including phenoxy) is 1. The molecule has 0 unspecified atom stereocenters. The zero-order valence-electron chi connectivity index (χ0n) is 12.9. The van der Waals surface area contributed by atoms with Gasteiger partial charge in [0.1, 0.15) is 5.82 Å². The highest BCUT2D eigenvalue weighted by Crippen LogP contribution is 2.09. The van der Waals surface area contributed by atoms with Gasteiger partial charge in [-0.3, -0.25) is 4.79 Å². The molecule has 0 spiro atoms. The highest BCUT2D eigenvalue weighted by Gasteiger charge is 2.21. The summed E-state index contributed by atoms with van der Waals surface area (Å²) in [5.74, 6) is -0.821. The van der Waals surface area contributed by atoms with E-state index in [1.165, 1.54) is 31.4 Å². The van der Waals surface area contributed by atoms with Crippen molar-refractivity contribution in [3.8, 4) is 0 Å². The van der Waals surface area contributed by atoms with E-state index in [9.17, 15) is 17.6 Å². The topological polar surface area (TPSA) is 75.7 Å². The Bertz CT molecular complexity index is 589. The zero-order chi connectivity index (χ0) is 16.8. The molecule has 0 aliphatic rings. The van der Waals surface area contributed by atoms with Crippen molar-refractivity contribution in [2.45, 2.75) is 19.5 Å². The minimum Gasteiger partial charge on any atom is -0.383 e. The number of nitrogens with one attached hydrogen (secondary N) is 1. The highest BCUT2D eigenvalue weighted by atomic mass is 32.2. The number of methoxy groups -OCH3 is 1. The van der Waals surface area contributed by atoms with Gasteiger partial charge in [0.05, 0.1) is 19.4 Å². The van der Waals surface area contributed by atoms with Crippen molar-refractivity contribution in [2.75, 3.05) is 26.5 Å². The van der Waals surface area contributed by atoms with Crippen molar-refractivity contribution < 1.29 is 22.3 Å². The van der Waals surface area contributed by atoms with Gasteiger partial charge in [0.2, 0.25) is 15.9 Å². The smallest absolute Gasteiger partial charge is 0.235 e. The van der Waals surface area contributed by atoms with Gasteiger partial charge < -0.3 is 10.1 Å². The lowest BCUT2D eigenvalue weighted by Crippen LogP contribution is -2.44. The van der Waals surface area contributed by atoms with Gasteiger partial charge in [0, 0.05) is 19.7 Å². The molecule has 0 saturated carbocycles. The van der Waals surface area contributed by atoms with Crippen LogP contribution in [-0.4, -0.2) is 51.2 Å². The number of nitrogens with zero attached hydrogens (tertiary/aromatic N) is 1. The third-order valence-corrected chi connectivity index (χ3v) is 4.08. The number of benzene rings is 1. The fourth-order valence-electron chi connectivity index (χ4n) is 1.86. The van der Waals surface area contributed by atoms with Gasteiger partial charge in [0.25, 0.3) is 0 Å². The SMILES string of the molecule is COC[C@H](C)NC(=O)CN(Cc1ccc(F)cc1)S(C)(=O)=O. The first kappa shape index (κ1) is 18.5. The number of sulfonamides is 1. The molecule has 0 saturated heterocycles. The number of halogens is 1. The summed E-state index contributed by atoms with van der Waals surface area (Å²) in [5, 5.41) is 2.65. The molecule has 6 nitrogen and oxygen atoms in total. The van der Waals surface area contributed by atoms with Crippen LogP contribution in [0.1, 0.15) is 12.5 Å². The Morgan fingerprint density at radius 2 is 1.95 bits per heavy atom. The number of carbonyl (C=O) groups excluding carboxylic acids is 1. The predicted molar refractivity (Wildman–Crippen MR) is 81.1 cm³/mol. The fourth-order valence-corrected chi connectivity index (χ4v) is 2.59. The van der Waals surface area contributed by atoms with Gasteiger partial charge in [-0.1, -0.05) is 12.1 Å². The maximum absolute atomic E-state index is 12.9. The van der Waals surface area contributed by atoms with Crippen molar-refractivity contribution in [1.29, 1.82) is 0 Å². The molecule has 0 fully saturated rings. The molecule has 1 aromatic rings. The molecule has 22 heavy (non-hydrogen) atoms. The van der Waals surface area contributed by atoms with E-state index in [4.69, 9.17) is 4.74 Å². The number of carbonyl (C=O) groups is 1. The van der Waals surface area contributed by atoms with Crippen molar-refractivity contribution in [2.24, 2.45) is 0 Å². The van der Waals surface area contributed by atoms with Crippen LogP contribution in [0.15, 0.2) is 24.3 Å². The molecule has 124 valence electrons. The van der Waals surface area contributed by atoms with Crippen LogP contribution < -0.4 is 5.32 Å². The van der Waals surface area contributed by atoms with Crippen LogP contribution in [-0.2, 0) is 26.1 Å². The number of hydrogen-bond donors (Lipinski definition) is 1. The minimum atomic E-state index is -3.57. The van der Waals surface area contributed by atoms with E-state index < -0.39 is 21.7 Å². The molecule has 0 aliphatic heterocycles. The van der Waals surface area contributed by atoms with Crippen LogP contribution in [0.2, 0.25) is 0 Å². The van der Waals surface area contributed by atoms with Gasteiger partial charge in [0.15, 0.2) is 0 Å². The van der Waals surface area contributed by atoms with Gasteiger partial charge in [-0.25, -0.2) is 12.8 Å². The van der Waals surface area contributed by atoms with Crippen LogP contribution in [0.3, 0.4) is 0 Å². The van der Waals surface area contributed by atoms with Gasteiger partial charge >= 0.3 is 0 Å². The standard InChI is InChI=1S/C14H21FN2O4S/c1-11(10-21-2)16-14(18)9-17(22(3,19)20)8-12-4-6-13(15)7-5-12/h4-7,11H,8-10H2,1-3H3,(H,16,18)/t11-/m0/s1. The van der Waals surface area contributed by atoms with Crippen molar-refractivity contribution in [3.05, 3.63) is 35.6 Å². The van der Waals surface area contributed by atoms with E-state index in [0.717, 1.165) is 10.6 Å². The summed E-state index contributed by atoms with van der Waals surface area (Å²) in [6.45, 7) is 1.80. The molecule has 1 amide bonds. The summed E-state index contributed by atoms with van der Waals surface area (Å²) in [6.07, 6.45) is 1.03. The maximum Gasteiger partial charge on any atom is 0.235 e. The van der Waals surface area contributed by atoms with E-state index in [1.807, 2.05) is 0 Å². The van der Waals surface area contributed by atoms with Crippen molar-refractivity contribution in [1.82, 2.24) is 9.62 Å². The summed E-state index contributed by atoms with van der Waals surface area (Å²) in [6, 6.07) is 5.25. The van der Waals surface area contributed by atoms with E-state index in [2.05, 4.69) is 5.32 Å². The first-order valence-corrected chi connectivity index (χ1v) is 8.55. The van der Waals surface area contributed by atoms with E-state index >= 15 is 0 Å².